The van der Waals surface area contributed by atoms with Crippen molar-refractivity contribution in [3.63, 3.8) is 0 Å². The molecule has 1 aromatic carbocycles. The molecule has 3 unspecified atom stereocenters. The molecule has 11 nitrogen and oxygen atoms in total. The molecule has 4 amide bonds. The highest BCUT2D eigenvalue weighted by molar-refractivity contribution is 7.39. The molecular weight excluding hydrogens is 547 g/mol. The van der Waals surface area contributed by atoms with Crippen LogP contribution in [0.15, 0.2) is 24.3 Å². The van der Waals surface area contributed by atoms with Crippen LogP contribution in [0.4, 0.5) is 0 Å². The Morgan fingerprint density at radius 1 is 0.976 bits per heavy atom. The van der Waals surface area contributed by atoms with E-state index < -0.39 is 32.5 Å². The highest BCUT2D eigenvalue weighted by Gasteiger charge is 2.29. The highest BCUT2D eigenvalue weighted by atomic mass is 31.2. The van der Waals surface area contributed by atoms with E-state index in [2.05, 4.69) is 24.5 Å². The van der Waals surface area contributed by atoms with Crippen molar-refractivity contribution in [3.8, 4) is 5.75 Å². The maximum absolute atomic E-state index is 12.9. The number of nitrogens with two attached hydrogens (primary N) is 2. The summed E-state index contributed by atoms with van der Waals surface area (Å²) in [5.74, 6) is -0.896. The predicted molar refractivity (Wildman–Crippen MR) is 161 cm³/mol. The number of benzene rings is 1. The third-order valence-corrected chi connectivity index (χ3v) is 6.99. The zero-order valence-corrected chi connectivity index (χ0v) is 26.5. The maximum atomic E-state index is 12.9. The van der Waals surface area contributed by atoms with Gasteiger partial charge in [0, 0.05) is 18.3 Å². The smallest absolute Gasteiger partial charge is 0.391 e. The number of carbonyl (C=O) groups excluding carboxylic acids is 4. The van der Waals surface area contributed by atoms with Crippen LogP contribution < -0.4 is 26.6 Å². The van der Waals surface area contributed by atoms with Crippen molar-refractivity contribution in [1.82, 2.24) is 10.6 Å². The van der Waals surface area contributed by atoms with Gasteiger partial charge in [-0.05, 0) is 42.4 Å². The number of hydrogen-bond donors (Lipinski definition) is 6. The van der Waals surface area contributed by atoms with Crippen molar-refractivity contribution < 1.29 is 33.5 Å². The van der Waals surface area contributed by atoms with Crippen molar-refractivity contribution in [2.24, 2.45) is 28.7 Å². The molecule has 0 heterocycles. The summed E-state index contributed by atoms with van der Waals surface area (Å²) in [5.41, 5.74) is 11.0. The second kappa shape index (κ2) is 19.4. The molecule has 3 atom stereocenters. The Kier molecular flexibility index (Phi) is 18.1. The molecule has 0 saturated carbocycles. The lowest BCUT2D eigenvalue weighted by atomic mass is 9.83. The summed E-state index contributed by atoms with van der Waals surface area (Å²) in [6.07, 6.45) is 4.64. The fourth-order valence-electron chi connectivity index (χ4n) is 4.13. The lowest BCUT2D eigenvalue weighted by Crippen LogP contribution is -2.55. The second-order valence-electron chi connectivity index (χ2n) is 11.4. The Labute approximate surface area is 246 Å². The van der Waals surface area contributed by atoms with Gasteiger partial charge >= 0.3 is 8.60 Å². The summed E-state index contributed by atoms with van der Waals surface area (Å²) in [5, 5.41) is 5.44. The second-order valence-corrected chi connectivity index (χ2v) is 12.1. The third-order valence-electron chi connectivity index (χ3n) is 6.61. The van der Waals surface area contributed by atoms with Crippen LogP contribution in [-0.2, 0) is 25.6 Å². The van der Waals surface area contributed by atoms with E-state index in [1.54, 1.807) is 24.3 Å². The van der Waals surface area contributed by atoms with Crippen LogP contribution in [0.3, 0.4) is 0 Å². The quantitative estimate of drug-likeness (QED) is 0.117. The first-order valence-electron chi connectivity index (χ1n) is 14.2. The van der Waals surface area contributed by atoms with E-state index in [1.165, 1.54) is 0 Å². The van der Waals surface area contributed by atoms with Crippen molar-refractivity contribution in [2.45, 2.75) is 105 Å². The number of amides is 4. The molecule has 0 saturated heterocycles. The van der Waals surface area contributed by atoms with Gasteiger partial charge in [-0.1, -0.05) is 79.9 Å². The van der Waals surface area contributed by atoms with E-state index >= 15 is 0 Å². The van der Waals surface area contributed by atoms with Gasteiger partial charge in [0.25, 0.3) is 0 Å². The summed E-state index contributed by atoms with van der Waals surface area (Å²) >= 11 is 0. The minimum atomic E-state index is -2.52. The molecule has 0 aromatic heterocycles. The van der Waals surface area contributed by atoms with Crippen LogP contribution in [0, 0.1) is 17.3 Å². The predicted octanol–water partition coefficient (Wildman–Crippen LogP) is 3.44. The number of rotatable bonds is 17. The van der Waals surface area contributed by atoms with E-state index in [9.17, 15) is 19.2 Å². The summed E-state index contributed by atoms with van der Waals surface area (Å²) in [6, 6.07) is 4.69. The number of hydrogen-bond acceptors (Lipinski definition) is 7. The van der Waals surface area contributed by atoms with Crippen LogP contribution in [0.25, 0.3) is 0 Å². The number of primary amides is 2. The van der Waals surface area contributed by atoms with Crippen LogP contribution >= 0.6 is 8.60 Å². The molecule has 0 aliphatic carbocycles. The molecule has 1 rings (SSSR count). The standard InChI is InChI=1S/C21H34N3O6P.C8H17NO/c1-4-6-7-8-18(25)23-17(21(27)24-19(20(22)26)14(3)5-2)13-15-9-11-16(12-10-15)30-31(28)29;1-6(2)5-8(3,4)7(9)10/h9-12,14,17,19,28-29H,4-8,13H2,1-3H3,(H2,22,26)(H,23,25)(H,24,27);6H,5H2,1-4H3,(H2,9,10). The number of unbranched alkanes of at least 4 members (excludes halogenated alkanes) is 2. The molecule has 0 spiro atoms. The van der Waals surface area contributed by atoms with Gasteiger partial charge in [0.1, 0.15) is 17.8 Å². The zero-order chi connectivity index (χ0) is 31.8. The molecule has 0 aliphatic rings. The van der Waals surface area contributed by atoms with Crippen molar-refractivity contribution in [3.05, 3.63) is 29.8 Å². The highest BCUT2D eigenvalue weighted by Crippen LogP contribution is 2.29. The summed E-state index contributed by atoms with van der Waals surface area (Å²) < 4.78 is 4.83. The van der Waals surface area contributed by atoms with Crippen molar-refractivity contribution in [1.29, 1.82) is 0 Å². The molecule has 12 heteroatoms. The molecule has 0 radical (unpaired) electrons. The topological polar surface area (TPSA) is 194 Å². The lowest BCUT2D eigenvalue weighted by molar-refractivity contribution is -0.132. The Morgan fingerprint density at radius 3 is 1.98 bits per heavy atom. The molecule has 0 aliphatic heterocycles. The van der Waals surface area contributed by atoms with E-state index in [0.717, 1.165) is 31.2 Å². The fraction of sp³-hybridized carbons (Fsp3) is 0.655. The first-order valence-corrected chi connectivity index (χ1v) is 15.3. The molecular formula is C29H51N4O7P. The number of carbonyl (C=O) groups is 4. The van der Waals surface area contributed by atoms with Crippen molar-refractivity contribution >= 4 is 32.2 Å². The maximum Gasteiger partial charge on any atom is 0.391 e. The first-order chi connectivity index (χ1) is 19.0. The van der Waals surface area contributed by atoms with Gasteiger partial charge in [-0.2, -0.15) is 0 Å². The molecule has 0 fully saturated rings. The van der Waals surface area contributed by atoms with Gasteiger partial charge in [0.05, 0.1) is 0 Å². The third kappa shape index (κ3) is 16.3. The van der Waals surface area contributed by atoms with Crippen LogP contribution in [0.5, 0.6) is 5.75 Å². The monoisotopic (exact) mass is 598 g/mol. The first kappa shape index (κ1) is 38.2. The fourth-order valence-corrected chi connectivity index (χ4v) is 4.44. The van der Waals surface area contributed by atoms with Gasteiger partial charge in [-0.25, -0.2) is 0 Å². The zero-order valence-electron chi connectivity index (χ0n) is 25.6. The van der Waals surface area contributed by atoms with Gasteiger partial charge < -0.3 is 36.4 Å². The lowest BCUT2D eigenvalue weighted by Gasteiger charge is -2.25. The molecule has 234 valence electrons. The van der Waals surface area contributed by atoms with E-state index in [-0.39, 0.29) is 35.3 Å². The SMILES string of the molecule is CC(C)CC(C)(C)C(N)=O.CCCCCC(=O)NC(Cc1ccc(OP(O)O)cc1)C(=O)NC(C(N)=O)C(C)CC. The summed E-state index contributed by atoms with van der Waals surface area (Å²) in [7, 11) is -2.52. The van der Waals surface area contributed by atoms with Gasteiger partial charge in [-0.3, -0.25) is 19.2 Å². The average Bonchev–Trinajstić information content (AvgIpc) is 2.86. The van der Waals surface area contributed by atoms with Gasteiger partial charge in [-0.15, -0.1) is 0 Å². The average molecular weight is 599 g/mol. The van der Waals surface area contributed by atoms with Gasteiger partial charge in [0.2, 0.25) is 23.6 Å². The van der Waals surface area contributed by atoms with E-state index in [4.69, 9.17) is 25.8 Å². The molecule has 41 heavy (non-hydrogen) atoms. The van der Waals surface area contributed by atoms with E-state index in [0.29, 0.717) is 18.8 Å². The molecule has 0 bridgehead atoms. The van der Waals surface area contributed by atoms with Crippen LogP contribution in [0.1, 0.15) is 92.6 Å². The minimum Gasteiger partial charge on any atom is -0.427 e. The summed E-state index contributed by atoms with van der Waals surface area (Å²) in [4.78, 5) is 65.7. The van der Waals surface area contributed by atoms with Crippen LogP contribution in [-0.4, -0.2) is 45.5 Å². The molecule has 1 aromatic rings. The Hall–Kier alpha value is -2.75. The number of nitrogens with one attached hydrogen (secondary N) is 2. The minimum absolute atomic E-state index is 0.148. The molecule has 8 N–H and O–H groups in total. The van der Waals surface area contributed by atoms with E-state index in [1.807, 2.05) is 34.6 Å². The normalized spacial score (nSPS) is 13.4. The van der Waals surface area contributed by atoms with Crippen LogP contribution in [0.2, 0.25) is 0 Å². The Bertz CT molecular complexity index is 955. The summed E-state index contributed by atoms with van der Waals surface area (Å²) in [6.45, 7) is 13.7. The van der Waals surface area contributed by atoms with Gasteiger partial charge in [0.15, 0.2) is 0 Å². The van der Waals surface area contributed by atoms with Crippen molar-refractivity contribution in [2.75, 3.05) is 0 Å². The Morgan fingerprint density at radius 2 is 1.56 bits per heavy atom. The largest absolute Gasteiger partial charge is 0.427 e. The Balaban J connectivity index is 0.00000136.